The lowest BCUT2D eigenvalue weighted by Gasteiger charge is -2.02. The molecule has 0 spiro atoms. The van der Waals surface area contributed by atoms with Gasteiger partial charge in [0.1, 0.15) is 12.4 Å². The van der Waals surface area contributed by atoms with Crippen LogP contribution in [0.4, 0.5) is 0 Å². The molecule has 0 saturated heterocycles. The molecule has 14 heavy (non-hydrogen) atoms. The van der Waals surface area contributed by atoms with Gasteiger partial charge in [0.15, 0.2) is 0 Å². The van der Waals surface area contributed by atoms with Crippen LogP contribution in [0, 0.1) is 10.8 Å². The van der Waals surface area contributed by atoms with Crippen molar-refractivity contribution >= 4 is 15.9 Å². The Kier molecular flexibility index (Phi) is 5.13. The smallest absolute Gasteiger partial charge is 0.118 e. The molecular weight excluding hydrogens is 244 g/mol. The summed E-state index contributed by atoms with van der Waals surface area (Å²) in [6.07, 6.45) is 0. The third-order valence-electron chi connectivity index (χ3n) is 1.67. The molecule has 0 aliphatic carbocycles. The summed E-state index contributed by atoms with van der Waals surface area (Å²) >= 11 is 3.00. The minimum absolute atomic E-state index is 0.442. The van der Waals surface area contributed by atoms with Crippen LogP contribution in [0.5, 0.6) is 5.75 Å². The largest absolute Gasteiger partial charge is 0.497 e. The van der Waals surface area contributed by atoms with Crippen molar-refractivity contribution in [2.24, 2.45) is 0 Å². The highest BCUT2D eigenvalue weighted by atomic mass is 79.9. The van der Waals surface area contributed by atoms with Crippen molar-refractivity contribution in [1.29, 1.82) is 0 Å². The van der Waals surface area contributed by atoms with Gasteiger partial charge in [0.2, 0.25) is 0 Å². The SMILES string of the molecule is COc1ccc(COCC#CBr)cc1. The lowest BCUT2D eigenvalue weighted by molar-refractivity contribution is 0.153. The maximum absolute atomic E-state index is 5.29. The second kappa shape index (κ2) is 6.47. The van der Waals surface area contributed by atoms with Crippen molar-refractivity contribution in [1.82, 2.24) is 0 Å². The molecule has 74 valence electrons. The fraction of sp³-hybridized carbons (Fsp3) is 0.273. The first-order valence-corrected chi connectivity index (χ1v) is 4.95. The molecule has 0 fully saturated rings. The van der Waals surface area contributed by atoms with Crippen molar-refractivity contribution in [2.45, 2.75) is 6.61 Å². The van der Waals surface area contributed by atoms with E-state index in [0.717, 1.165) is 11.3 Å². The number of rotatable bonds is 4. The van der Waals surface area contributed by atoms with Crippen molar-refractivity contribution in [3.63, 3.8) is 0 Å². The maximum Gasteiger partial charge on any atom is 0.118 e. The highest BCUT2D eigenvalue weighted by molar-refractivity contribution is 9.12. The number of hydrogen-bond acceptors (Lipinski definition) is 2. The Hall–Kier alpha value is -0.980. The minimum Gasteiger partial charge on any atom is -0.497 e. The molecule has 2 nitrogen and oxygen atoms in total. The van der Waals surface area contributed by atoms with Gasteiger partial charge in [0.25, 0.3) is 0 Å². The predicted molar refractivity (Wildman–Crippen MR) is 59.4 cm³/mol. The summed E-state index contributed by atoms with van der Waals surface area (Å²) in [6.45, 7) is 1.02. The molecule has 0 unspecified atom stereocenters. The van der Waals surface area contributed by atoms with Gasteiger partial charge in [-0.15, -0.1) is 0 Å². The van der Waals surface area contributed by atoms with Crippen molar-refractivity contribution < 1.29 is 9.47 Å². The summed E-state index contributed by atoms with van der Waals surface area (Å²) in [6, 6.07) is 7.77. The number of benzene rings is 1. The second-order valence-electron chi connectivity index (χ2n) is 2.61. The van der Waals surface area contributed by atoms with Crippen LogP contribution in [0.2, 0.25) is 0 Å². The Balaban J connectivity index is 2.38. The molecule has 0 N–H and O–H groups in total. The van der Waals surface area contributed by atoms with Gasteiger partial charge in [-0.3, -0.25) is 0 Å². The molecule has 0 heterocycles. The zero-order chi connectivity index (χ0) is 10.2. The third-order valence-corrected chi connectivity index (χ3v) is 1.95. The van der Waals surface area contributed by atoms with E-state index in [1.165, 1.54) is 0 Å². The molecule has 0 bridgehead atoms. The van der Waals surface area contributed by atoms with E-state index in [1.54, 1.807) is 7.11 Å². The highest BCUT2D eigenvalue weighted by Crippen LogP contribution is 2.11. The molecular formula is C11H11BrO2. The lowest BCUT2D eigenvalue weighted by Crippen LogP contribution is -1.93. The lowest BCUT2D eigenvalue weighted by atomic mass is 10.2. The van der Waals surface area contributed by atoms with Crippen LogP contribution in [0.1, 0.15) is 5.56 Å². The van der Waals surface area contributed by atoms with Gasteiger partial charge in [-0.2, -0.15) is 0 Å². The summed E-state index contributed by atoms with van der Waals surface area (Å²) in [7, 11) is 1.65. The molecule has 0 aliphatic heterocycles. The number of methoxy groups -OCH3 is 1. The zero-order valence-corrected chi connectivity index (χ0v) is 9.50. The molecule has 1 aromatic rings. The molecule has 0 aliphatic rings. The quantitative estimate of drug-likeness (QED) is 0.608. The standard InChI is InChI=1S/C11H11BrO2/c1-13-11-5-3-10(4-6-11)9-14-8-2-7-12/h3-6H,8-9H2,1H3. The van der Waals surface area contributed by atoms with E-state index in [2.05, 4.69) is 26.7 Å². The van der Waals surface area contributed by atoms with Gasteiger partial charge in [-0.1, -0.05) is 18.1 Å². The van der Waals surface area contributed by atoms with Crippen LogP contribution in [-0.2, 0) is 11.3 Å². The first-order chi connectivity index (χ1) is 6.86. The minimum atomic E-state index is 0.442. The Bertz CT molecular complexity index is 321. The van der Waals surface area contributed by atoms with Crippen LogP contribution < -0.4 is 4.74 Å². The van der Waals surface area contributed by atoms with Crippen LogP contribution >= 0.6 is 15.9 Å². The van der Waals surface area contributed by atoms with Crippen molar-refractivity contribution in [3.05, 3.63) is 29.8 Å². The van der Waals surface area contributed by atoms with Gasteiger partial charge in [0.05, 0.1) is 13.7 Å². The Morgan fingerprint density at radius 2 is 2.00 bits per heavy atom. The third kappa shape index (κ3) is 3.82. The van der Waals surface area contributed by atoms with Crippen LogP contribution in [0.3, 0.4) is 0 Å². The fourth-order valence-corrected chi connectivity index (χ4v) is 1.08. The van der Waals surface area contributed by atoms with E-state index in [-0.39, 0.29) is 0 Å². The van der Waals surface area contributed by atoms with Gasteiger partial charge in [0, 0.05) is 15.9 Å². The molecule has 0 aromatic heterocycles. The van der Waals surface area contributed by atoms with Gasteiger partial charge < -0.3 is 9.47 Å². The normalized spacial score (nSPS) is 9.00. The predicted octanol–water partition coefficient (Wildman–Crippen LogP) is 2.57. The summed E-state index contributed by atoms with van der Waals surface area (Å²) in [5, 5.41) is 0. The molecule has 0 radical (unpaired) electrons. The monoisotopic (exact) mass is 254 g/mol. The van der Waals surface area contributed by atoms with E-state index in [9.17, 15) is 0 Å². The molecule has 0 amide bonds. The van der Waals surface area contributed by atoms with E-state index in [1.807, 2.05) is 24.3 Å². The Labute approximate surface area is 92.3 Å². The first kappa shape index (κ1) is 11.1. The van der Waals surface area contributed by atoms with E-state index < -0.39 is 0 Å². The summed E-state index contributed by atoms with van der Waals surface area (Å²) in [5.74, 6) is 3.62. The van der Waals surface area contributed by atoms with Crippen LogP contribution in [0.15, 0.2) is 24.3 Å². The van der Waals surface area contributed by atoms with E-state index in [0.29, 0.717) is 13.2 Å². The Morgan fingerprint density at radius 1 is 1.29 bits per heavy atom. The first-order valence-electron chi connectivity index (χ1n) is 4.16. The second-order valence-corrected chi connectivity index (χ2v) is 3.01. The van der Waals surface area contributed by atoms with Gasteiger partial charge in [-0.25, -0.2) is 0 Å². The number of ether oxygens (including phenoxy) is 2. The summed E-state index contributed by atoms with van der Waals surface area (Å²) in [4.78, 5) is 2.59. The average molecular weight is 255 g/mol. The van der Waals surface area contributed by atoms with Crippen LogP contribution in [-0.4, -0.2) is 13.7 Å². The molecule has 1 rings (SSSR count). The maximum atomic E-state index is 5.29. The van der Waals surface area contributed by atoms with Crippen LogP contribution in [0.25, 0.3) is 0 Å². The topological polar surface area (TPSA) is 18.5 Å². The van der Waals surface area contributed by atoms with Gasteiger partial charge in [-0.05, 0) is 22.5 Å². The molecule has 1 aromatic carbocycles. The summed E-state index contributed by atoms with van der Waals surface area (Å²) < 4.78 is 10.3. The van der Waals surface area contributed by atoms with E-state index >= 15 is 0 Å². The summed E-state index contributed by atoms with van der Waals surface area (Å²) in [5.41, 5.74) is 1.11. The molecule has 3 heteroatoms. The van der Waals surface area contributed by atoms with Crippen molar-refractivity contribution in [2.75, 3.05) is 13.7 Å². The van der Waals surface area contributed by atoms with Gasteiger partial charge >= 0.3 is 0 Å². The molecule has 0 atom stereocenters. The zero-order valence-electron chi connectivity index (χ0n) is 7.92. The highest BCUT2D eigenvalue weighted by Gasteiger charge is 1.93. The van der Waals surface area contributed by atoms with Crippen molar-refractivity contribution in [3.8, 4) is 16.5 Å². The number of hydrogen-bond donors (Lipinski definition) is 0. The number of halogens is 1. The fourth-order valence-electron chi connectivity index (χ4n) is 0.969. The molecule has 0 saturated carbocycles. The average Bonchev–Trinajstić information content (AvgIpc) is 2.25. The van der Waals surface area contributed by atoms with E-state index in [4.69, 9.17) is 9.47 Å². The Morgan fingerprint density at radius 3 is 2.57 bits per heavy atom.